The molecule has 0 bridgehead atoms. The molecule has 2 aromatic rings. The summed E-state index contributed by atoms with van der Waals surface area (Å²) in [5.41, 5.74) is 1.30. The normalized spacial score (nSPS) is 10.2. The van der Waals surface area contributed by atoms with Crippen molar-refractivity contribution >= 4 is 21.9 Å². The lowest BCUT2D eigenvalue weighted by molar-refractivity contribution is 0.0472. The van der Waals surface area contributed by atoms with Crippen LogP contribution < -0.4 is 5.56 Å². The van der Waals surface area contributed by atoms with Gasteiger partial charge in [-0.2, -0.15) is 0 Å². The minimum Gasteiger partial charge on any atom is -0.457 e. The van der Waals surface area contributed by atoms with Crippen molar-refractivity contribution in [2.45, 2.75) is 13.5 Å². The molecule has 6 heteroatoms. The van der Waals surface area contributed by atoms with Gasteiger partial charge < -0.3 is 9.72 Å². The monoisotopic (exact) mass is 322 g/mol. The lowest BCUT2D eigenvalue weighted by atomic mass is 10.2. The third-order valence-corrected chi connectivity index (χ3v) is 2.78. The predicted octanol–water partition coefficient (Wildman–Crippen LogP) is 2.20. The largest absolute Gasteiger partial charge is 0.457 e. The second kappa shape index (κ2) is 5.79. The summed E-state index contributed by atoms with van der Waals surface area (Å²) < 4.78 is 5.94. The van der Waals surface area contributed by atoms with Crippen LogP contribution >= 0.6 is 15.9 Å². The Morgan fingerprint density at radius 3 is 2.84 bits per heavy atom. The predicted molar refractivity (Wildman–Crippen MR) is 72.9 cm³/mol. The number of aryl methyl sites for hydroxylation is 1. The Hall–Kier alpha value is -1.95. The maximum atomic E-state index is 11.8. The first-order valence-electron chi connectivity index (χ1n) is 5.52. The van der Waals surface area contributed by atoms with Crippen molar-refractivity contribution in [3.63, 3.8) is 0 Å². The van der Waals surface area contributed by atoms with Crippen molar-refractivity contribution in [2.24, 2.45) is 0 Å². The summed E-state index contributed by atoms with van der Waals surface area (Å²) in [7, 11) is 0. The van der Waals surface area contributed by atoms with E-state index in [1.54, 1.807) is 25.4 Å². The van der Waals surface area contributed by atoms with Crippen molar-refractivity contribution in [3.8, 4) is 0 Å². The van der Waals surface area contributed by atoms with Crippen LogP contribution in [0.1, 0.15) is 21.6 Å². The van der Waals surface area contributed by atoms with Crippen molar-refractivity contribution < 1.29 is 9.53 Å². The smallest absolute Gasteiger partial charge is 0.338 e. The summed E-state index contributed by atoms with van der Waals surface area (Å²) >= 11 is 3.28. The van der Waals surface area contributed by atoms with E-state index < -0.39 is 5.97 Å². The Kier molecular flexibility index (Phi) is 4.11. The number of ether oxygens (including phenoxy) is 1. The van der Waals surface area contributed by atoms with Crippen molar-refractivity contribution in [3.05, 3.63) is 62.2 Å². The molecule has 2 aromatic heterocycles. The molecular formula is C13H11BrN2O3. The van der Waals surface area contributed by atoms with Gasteiger partial charge in [-0.3, -0.25) is 9.78 Å². The highest BCUT2D eigenvalue weighted by atomic mass is 79.9. The molecule has 0 fully saturated rings. The van der Waals surface area contributed by atoms with Crippen molar-refractivity contribution in [1.82, 2.24) is 9.97 Å². The van der Waals surface area contributed by atoms with E-state index in [2.05, 4.69) is 25.9 Å². The summed E-state index contributed by atoms with van der Waals surface area (Å²) in [6.07, 6.45) is 3.26. The maximum Gasteiger partial charge on any atom is 0.338 e. The fourth-order valence-corrected chi connectivity index (χ4v) is 1.98. The average Bonchev–Trinajstić information content (AvgIpc) is 2.35. The van der Waals surface area contributed by atoms with Gasteiger partial charge in [-0.1, -0.05) is 0 Å². The number of hydrogen-bond donors (Lipinski definition) is 1. The number of nitrogens with one attached hydrogen (secondary N) is 1. The first-order chi connectivity index (χ1) is 9.04. The number of esters is 1. The van der Waals surface area contributed by atoms with Gasteiger partial charge in [0.05, 0.1) is 5.56 Å². The molecule has 19 heavy (non-hydrogen) atoms. The van der Waals surface area contributed by atoms with Gasteiger partial charge >= 0.3 is 5.97 Å². The highest BCUT2D eigenvalue weighted by Crippen LogP contribution is 2.11. The third-order valence-electron chi connectivity index (χ3n) is 2.35. The average molecular weight is 323 g/mol. The van der Waals surface area contributed by atoms with Gasteiger partial charge in [0.2, 0.25) is 5.56 Å². The Bertz CT molecular complexity index is 667. The maximum absolute atomic E-state index is 11.8. The van der Waals surface area contributed by atoms with Crippen LogP contribution in [-0.4, -0.2) is 15.9 Å². The Balaban J connectivity index is 2.07. The topological polar surface area (TPSA) is 72.0 Å². The van der Waals surface area contributed by atoms with Crippen LogP contribution in [0, 0.1) is 6.92 Å². The summed E-state index contributed by atoms with van der Waals surface area (Å²) in [6, 6.07) is 4.60. The molecule has 5 nitrogen and oxygen atoms in total. The number of hydrogen-bond acceptors (Lipinski definition) is 4. The molecule has 2 heterocycles. The zero-order chi connectivity index (χ0) is 13.8. The van der Waals surface area contributed by atoms with E-state index in [1.165, 1.54) is 6.07 Å². The zero-order valence-electron chi connectivity index (χ0n) is 10.1. The van der Waals surface area contributed by atoms with E-state index in [-0.39, 0.29) is 17.7 Å². The molecule has 0 amide bonds. The number of nitrogens with zero attached hydrogens (tertiary/aromatic N) is 1. The van der Waals surface area contributed by atoms with Crippen LogP contribution in [0.25, 0.3) is 0 Å². The molecule has 0 aliphatic rings. The molecule has 2 rings (SSSR count). The van der Waals surface area contributed by atoms with Crippen LogP contribution in [0.5, 0.6) is 0 Å². The van der Waals surface area contributed by atoms with E-state index in [0.29, 0.717) is 5.69 Å². The third kappa shape index (κ3) is 3.75. The number of aromatic amines is 1. The highest BCUT2D eigenvalue weighted by Gasteiger charge is 2.09. The van der Waals surface area contributed by atoms with E-state index in [9.17, 15) is 9.59 Å². The molecule has 0 aliphatic heterocycles. The van der Waals surface area contributed by atoms with E-state index >= 15 is 0 Å². The fraction of sp³-hybridized carbons (Fsp3) is 0.154. The number of halogens is 1. The SMILES string of the molecule is Cc1cc(C(=O)OCc2cncc(Br)c2)cc(=O)[nH]1. The van der Waals surface area contributed by atoms with Crippen LogP contribution in [0.4, 0.5) is 0 Å². The Labute approximate surface area is 117 Å². The molecule has 0 atom stereocenters. The number of H-pyrrole nitrogens is 1. The molecule has 0 unspecified atom stereocenters. The molecule has 0 spiro atoms. The zero-order valence-corrected chi connectivity index (χ0v) is 11.7. The number of carbonyl (C=O) groups is 1. The molecule has 98 valence electrons. The summed E-state index contributed by atoms with van der Waals surface area (Å²) in [4.78, 5) is 29.6. The molecule has 0 aliphatic carbocycles. The second-order valence-electron chi connectivity index (χ2n) is 4.00. The quantitative estimate of drug-likeness (QED) is 0.879. The standard InChI is InChI=1S/C13H11BrN2O3/c1-8-2-10(4-12(17)16-8)13(18)19-7-9-3-11(14)6-15-5-9/h2-6H,7H2,1H3,(H,16,17). The van der Waals surface area contributed by atoms with Gasteiger partial charge in [0.15, 0.2) is 0 Å². The van der Waals surface area contributed by atoms with Gasteiger partial charge in [-0.05, 0) is 35.0 Å². The number of carbonyl (C=O) groups excluding carboxylic acids is 1. The summed E-state index contributed by atoms with van der Waals surface area (Å²) in [6.45, 7) is 1.81. The van der Waals surface area contributed by atoms with E-state index in [0.717, 1.165) is 10.0 Å². The Morgan fingerprint density at radius 2 is 2.16 bits per heavy atom. The lowest BCUT2D eigenvalue weighted by Gasteiger charge is -2.05. The number of aromatic nitrogens is 2. The fourth-order valence-electron chi connectivity index (χ4n) is 1.57. The highest BCUT2D eigenvalue weighted by molar-refractivity contribution is 9.10. The molecule has 0 aromatic carbocycles. The summed E-state index contributed by atoms with van der Waals surface area (Å²) in [5, 5.41) is 0. The van der Waals surface area contributed by atoms with Gasteiger partial charge in [0.25, 0.3) is 0 Å². The van der Waals surface area contributed by atoms with Crippen molar-refractivity contribution in [1.29, 1.82) is 0 Å². The van der Waals surface area contributed by atoms with Crippen molar-refractivity contribution in [2.75, 3.05) is 0 Å². The molecule has 0 saturated heterocycles. The van der Waals surface area contributed by atoms with Crippen LogP contribution in [0.2, 0.25) is 0 Å². The summed E-state index contributed by atoms with van der Waals surface area (Å²) in [5.74, 6) is -0.533. The first kappa shape index (κ1) is 13.5. The van der Waals surface area contributed by atoms with Gasteiger partial charge in [-0.25, -0.2) is 4.79 Å². The van der Waals surface area contributed by atoms with Gasteiger partial charge in [-0.15, -0.1) is 0 Å². The van der Waals surface area contributed by atoms with Crippen LogP contribution in [-0.2, 0) is 11.3 Å². The first-order valence-corrected chi connectivity index (χ1v) is 6.31. The molecular weight excluding hydrogens is 312 g/mol. The lowest BCUT2D eigenvalue weighted by Crippen LogP contribution is -2.13. The molecule has 0 radical (unpaired) electrons. The Morgan fingerprint density at radius 1 is 1.37 bits per heavy atom. The minimum absolute atomic E-state index is 0.108. The van der Waals surface area contributed by atoms with E-state index in [4.69, 9.17) is 4.74 Å². The molecule has 1 N–H and O–H groups in total. The molecule has 0 saturated carbocycles. The van der Waals surface area contributed by atoms with Crippen LogP contribution in [0.3, 0.4) is 0 Å². The van der Waals surface area contributed by atoms with Gasteiger partial charge in [0.1, 0.15) is 6.61 Å². The van der Waals surface area contributed by atoms with Crippen LogP contribution in [0.15, 0.2) is 39.9 Å². The minimum atomic E-state index is -0.533. The number of rotatable bonds is 3. The van der Waals surface area contributed by atoms with Gasteiger partial charge in [0, 0.05) is 34.2 Å². The second-order valence-corrected chi connectivity index (χ2v) is 4.92. The van der Waals surface area contributed by atoms with E-state index in [1.807, 2.05) is 6.07 Å². The number of pyridine rings is 2.